The van der Waals surface area contributed by atoms with Crippen molar-refractivity contribution in [2.75, 3.05) is 17.4 Å². The van der Waals surface area contributed by atoms with Gasteiger partial charge in [-0.3, -0.25) is 4.79 Å². The third-order valence-corrected chi connectivity index (χ3v) is 5.30. The number of urea groups is 1. The number of ether oxygens (including phenoxy) is 2. The lowest BCUT2D eigenvalue weighted by atomic mass is 10.2. The van der Waals surface area contributed by atoms with Crippen LogP contribution in [0.3, 0.4) is 0 Å². The Kier molecular flexibility index (Phi) is 5.68. The van der Waals surface area contributed by atoms with E-state index in [2.05, 4.69) is 26.1 Å². The lowest BCUT2D eigenvalue weighted by Gasteiger charge is -2.08. The Bertz CT molecular complexity index is 1120. The van der Waals surface area contributed by atoms with Crippen LogP contribution in [0.5, 0.6) is 11.5 Å². The Morgan fingerprint density at radius 3 is 2.77 bits per heavy atom. The number of rotatable bonds is 5. The number of anilines is 2. The topological polar surface area (TPSA) is 114 Å². The lowest BCUT2D eigenvalue weighted by molar-refractivity contribution is 0.102. The van der Waals surface area contributed by atoms with Crippen LogP contribution in [0.2, 0.25) is 5.02 Å². The number of aromatic nitrogens is 2. The molecule has 0 saturated carbocycles. The molecular weight excluding hydrogens is 430 g/mol. The van der Waals surface area contributed by atoms with Crippen LogP contribution in [0, 0.1) is 6.92 Å². The standard InChI is InChI=1S/C19H16ClN5O4S/c1-10-2-4-13(12(20)6-10)23-19(27)21-8-16-24-25-18(30-16)17(26)22-11-3-5-14-15(7-11)29-9-28-14/h2-7H,8-9H2,1H3,(H,22,26)(H2,21,23,27). The minimum absolute atomic E-state index is 0.115. The Labute approximate surface area is 180 Å². The number of amides is 3. The number of halogens is 1. The van der Waals surface area contributed by atoms with Gasteiger partial charge in [0, 0.05) is 11.8 Å². The Morgan fingerprint density at radius 2 is 1.93 bits per heavy atom. The molecule has 154 valence electrons. The summed E-state index contributed by atoms with van der Waals surface area (Å²) in [4.78, 5) is 24.5. The van der Waals surface area contributed by atoms with Crippen LogP contribution in [0.15, 0.2) is 36.4 Å². The van der Waals surface area contributed by atoms with Crippen molar-refractivity contribution in [2.24, 2.45) is 0 Å². The lowest BCUT2D eigenvalue weighted by Crippen LogP contribution is -2.28. The summed E-state index contributed by atoms with van der Waals surface area (Å²) in [7, 11) is 0. The summed E-state index contributed by atoms with van der Waals surface area (Å²) in [6.45, 7) is 2.18. The monoisotopic (exact) mass is 445 g/mol. The van der Waals surface area contributed by atoms with E-state index in [0.29, 0.717) is 32.9 Å². The first-order chi connectivity index (χ1) is 14.5. The summed E-state index contributed by atoms with van der Waals surface area (Å²) >= 11 is 7.18. The summed E-state index contributed by atoms with van der Waals surface area (Å²) in [6, 6.07) is 9.97. The first-order valence-corrected chi connectivity index (χ1v) is 10.0. The van der Waals surface area contributed by atoms with Gasteiger partial charge in [0.25, 0.3) is 5.91 Å². The van der Waals surface area contributed by atoms with E-state index in [0.717, 1.165) is 16.9 Å². The summed E-state index contributed by atoms with van der Waals surface area (Å²) < 4.78 is 10.5. The predicted octanol–water partition coefficient (Wildman–Crippen LogP) is 3.80. The largest absolute Gasteiger partial charge is 0.454 e. The fraction of sp³-hybridized carbons (Fsp3) is 0.158. The minimum atomic E-state index is -0.442. The van der Waals surface area contributed by atoms with E-state index in [1.165, 1.54) is 0 Å². The van der Waals surface area contributed by atoms with Crippen LogP contribution in [0.25, 0.3) is 0 Å². The van der Waals surface area contributed by atoms with Crippen LogP contribution in [0.1, 0.15) is 20.4 Å². The maximum atomic E-state index is 12.4. The summed E-state index contributed by atoms with van der Waals surface area (Å²) in [5.74, 6) is 0.783. The number of carbonyl (C=O) groups is 2. The second-order valence-corrected chi connectivity index (χ2v) is 7.78. The molecule has 1 aliphatic rings. The number of fused-ring (bicyclic) bond motifs is 1. The van der Waals surface area contributed by atoms with Gasteiger partial charge >= 0.3 is 6.03 Å². The van der Waals surface area contributed by atoms with Gasteiger partial charge in [0.2, 0.25) is 11.8 Å². The fourth-order valence-electron chi connectivity index (χ4n) is 2.62. The zero-order valence-electron chi connectivity index (χ0n) is 15.7. The van der Waals surface area contributed by atoms with Gasteiger partial charge in [0.05, 0.1) is 17.3 Å². The fourth-order valence-corrected chi connectivity index (χ4v) is 3.58. The molecule has 1 aliphatic heterocycles. The first kappa shape index (κ1) is 19.9. The third kappa shape index (κ3) is 4.61. The van der Waals surface area contributed by atoms with E-state index in [1.54, 1.807) is 30.3 Å². The van der Waals surface area contributed by atoms with E-state index in [9.17, 15) is 9.59 Å². The second kappa shape index (κ2) is 8.56. The van der Waals surface area contributed by atoms with Gasteiger partial charge in [-0.1, -0.05) is 29.0 Å². The quantitative estimate of drug-likeness (QED) is 0.550. The number of carbonyl (C=O) groups excluding carboxylic acids is 2. The molecule has 0 aliphatic carbocycles. The molecule has 2 aromatic carbocycles. The molecule has 0 unspecified atom stereocenters. The molecule has 2 heterocycles. The molecular formula is C19H16ClN5O4S. The van der Waals surface area contributed by atoms with Crippen molar-refractivity contribution in [3.63, 3.8) is 0 Å². The van der Waals surface area contributed by atoms with Crippen LogP contribution in [-0.4, -0.2) is 28.9 Å². The molecule has 9 nitrogen and oxygen atoms in total. The number of nitrogens with one attached hydrogen (secondary N) is 3. The van der Waals surface area contributed by atoms with E-state index < -0.39 is 11.9 Å². The van der Waals surface area contributed by atoms with Crippen LogP contribution in [0.4, 0.5) is 16.2 Å². The highest BCUT2D eigenvalue weighted by Gasteiger charge is 2.17. The smallest absolute Gasteiger partial charge is 0.319 e. The zero-order chi connectivity index (χ0) is 21.1. The molecule has 0 spiro atoms. The van der Waals surface area contributed by atoms with Gasteiger partial charge < -0.3 is 25.4 Å². The zero-order valence-corrected chi connectivity index (χ0v) is 17.3. The molecule has 0 fully saturated rings. The molecule has 3 amide bonds. The maximum Gasteiger partial charge on any atom is 0.319 e. The van der Waals surface area contributed by atoms with Gasteiger partial charge in [-0.05, 0) is 36.8 Å². The summed E-state index contributed by atoms with van der Waals surface area (Å²) in [6.07, 6.45) is 0. The van der Waals surface area contributed by atoms with Crippen molar-refractivity contribution < 1.29 is 19.1 Å². The molecule has 0 radical (unpaired) electrons. The third-order valence-electron chi connectivity index (χ3n) is 4.06. The van der Waals surface area contributed by atoms with E-state index >= 15 is 0 Å². The van der Waals surface area contributed by atoms with Crippen molar-refractivity contribution in [1.82, 2.24) is 15.5 Å². The van der Waals surface area contributed by atoms with Crippen LogP contribution in [-0.2, 0) is 6.54 Å². The van der Waals surface area contributed by atoms with Crippen molar-refractivity contribution >= 4 is 46.3 Å². The average molecular weight is 446 g/mol. The summed E-state index contributed by atoms with van der Waals surface area (Å²) in [5.41, 5.74) is 2.04. The number of hydrogen-bond acceptors (Lipinski definition) is 7. The van der Waals surface area contributed by atoms with E-state index in [-0.39, 0.29) is 18.3 Å². The van der Waals surface area contributed by atoms with Gasteiger partial charge in [-0.25, -0.2) is 4.79 Å². The molecule has 3 aromatic rings. The Balaban J connectivity index is 1.31. The first-order valence-electron chi connectivity index (χ1n) is 8.82. The molecule has 30 heavy (non-hydrogen) atoms. The Hall–Kier alpha value is -3.37. The van der Waals surface area contributed by atoms with Gasteiger partial charge in [0.15, 0.2) is 11.5 Å². The highest BCUT2D eigenvalue weighted by Crippen LogP contribution is 2.34. The molecule has 1 aromatic heterocycles. The molecule has 0 bridgehead atoms. The van der Waals surface area contributed by atoms with Crippen molar-refractivity contribution in [2.45, 2.75) is 13.5 Å². The molecule has 11 heteroatoms. The molecule has 0 atom stereocenters. The molecule has 0 saturated heterocycles. The SMILES string of the molecule is Cc1ccc(NC(=O)NCc2nnc(C(=O)Nc3ccc4c(c3)OCO4)s2)c(Cl)c1. The predicted molar refractivity (Wildman–Crippen MR) is 112 cm³/mol. The summed E-state index contributed by atoms with van der Waals surface area (Å²) in [5, 5.41) is 17.0. The van der Waals surface area contributed by atoms with Crippen molar-refractivity contribution in [1.29, 1.82) is 0 Å². The molecule has 4 rings (SSSR count). The molecule has 3 N–H and O–H groups in total. The van der Waals surface area contributed by atoms with E-state index in [1.807, 2.05) is 13.0 Å². The van der Waals surface area contributed by atoms with Crippen LogP contribution < -0.4 is 25.4 Å². The van der Waals surface area contributed by atoms with Crippen molar-refractivity contribution in [3.05, 3.63) is 57.0 Å². The highest BCUT2D eigenvalue weighted by molar-refractivity contribution is 7.13. The number of nitrogens with zero attached hydrogens (tertiary/aromatic N) is 2. The van der Waals surface area contributed by atoms with E-state index in [4.69, 9.17) is 21.1 Å². The van der Waals surface area contributed by atoms with Crippen LogP contribution >= 0.6 is 22.9 Å². The van der Waals surface area contributed by atoms with Gasteiger partial charge in [0.1, 0.15) is 5.01 Å². The maximum absolute atomic E-state index is 12.4. The Morgan fingerprint density at radius 1 is 1.10 bits per heavy atom. The number of hydrogen-bond donors (Lipinski definition) is 3. The minimum Gasteiger partial charge on any atom is -0.454 e. The number of aryl methyl sites for hydroxylation is 1. The average Bonchev–Trinajstić information content (AvgIpc) is 3.37. The normalized spacial score (nSPS) is 11.8. The second-order valence-electron chi connectivity index (χ2n) is 6.31. The van der Waals surface area contributed by atoms with Crippen molar-refractivity contribution in [3.8, 4) is 11.5 Å². The highest BCUT2D eigenvalue weighted by atomic mass is 35.5. The van der Waals surface area contributed by atoms with Gasteiger partial charge in [-0.15, -0.1) is 10.2 Å². The number of benzene rings is 2. The van der Waals surface area contributed by atoms with Gasteiger partial charge in [-0.2, -0.15) is 0 Å².